The Balaban J connectivity index is 2.04. The molecule has 0 aliphatic heterocycles. The Bertz CT molecular complexity index is 667. The second kappa shape index (κ2) is 8.58. The van der Waals surface area contributed by atoms with Crippen LogP contribution in [0, 0.1) is 0 Å². The molecule has 0 fully saturated rings. The Labute approximate surface area is 145 Å². The first-order chi connectivity index (χ1) is 11.5. The molecule has 8 heteroatoms. The van der Waals surface area contributed by atoms with Gasteiger partial charge in [0.15, 0.2) is 0 Å². The lowest BCUT2D eigenvalue weighted by Gasteiger charge is -2.09. The van der Waals surface area contributed by atoms with Crippen LogP contribution >= 0.6 is 11.8 Å². The van der Waals surface area contributed by atoms with Crippen molar-refractivity contribution in [2.75, 3.05) is 20.0 Å². The van der Waals surface area contributed by atoms with Crippen LogP contribution in [-0.4, -0.2) is 42.1 Å². The molecule has 1 heterocycles. The van der Waals surface area contributed by atoms with E-state index >= 15 is 0 Å². The van der Waals surface area contributed by atoms with Gasteiger partial charge in [0.25, 0.3) is 5.22 Å². The maximum absolute atomic E-state index is 11.8. The molecule has 1 N–H and O–H groups in total. The molecule has 0 saturated carbocycles. The van der Waals surface area contributed by atoms with E-state index in [1.165, 1.54) is 11.8 Å². The molecule has 24 heavy (non-hydrogen) atoms. The van der Waals surface area contributed by atoms with E-state index in [-0.39, 0.29) is 17.7 Å². The quantitative estimate of drug-likeness (QED) is 0.732. The fourth-order valence-corrected chi connectivity index (χ4v) is 2.44. The van der Waals surface area contributed by atoms with Crippen molar-refractivity contribution in [3.8, 4) is 23.0 Å². The van der Waals surface area contributed by atoms with E-state index in [1.54, 1.807) is 32.4 Å². The second-order valence-corrected chi connectivity index (χ2v) is 6.07. The average molecular weight is 351 g/mol. The maximum atomic E-state index is 11.8. The highest BCUT2D eigenvalue weighted by Gasteiger charge is 2.14. The minimum atomic E-state index is -0.0582. The Hall–Kier alpha value is -2.22. The third-order valence-corrected chi connectivity index (χ3v) is 4.17. The maximum Gasteiger partial charge on any atom is 0.277 e. The van der Waals surface area contributed by atoms with Crippen LogP contribution in [0.15, 0.2) is 27.8 Å². The fourth-order valence-electron chi connectivity index (χ4n) is 1.86. The molecule has 0 saturated heterocycles. The lowest BCUT2D eigenvalue weighted by atomic mass is 10.2. The number of amides is 1. The first-order valence-corrected chi connectivity index (χ1v) is 8.53. The molecule has 0 radical (unpaired) electrons. The van der Waals surface area contributed by atoms with Crippen molar-refractivity contribution in [1.82, 2.24) is 15.5 Å². The molecule has 1 aromatic heterocycles. The van der Waals surface area contributed by atoms with Crippen LogP contribution in [0.4, 0.5) is 0 Å². The van der Waals surface area contributed by atoms with Gasteiger partial charge in [-0.15, -0.1) is 10.2 Å². The molecular weight excluding hydrogens is 330 g/mol. The van der Waals surface area contributed by atoms with Crippen LogP contribution in [-0.2, 0) is 4.79 Å². The number of hydrogen-bond acceptors (Lipinski definition) is 7. The van der Waals surface area contributed by atoms with Gasteiger partial charge in [-0.2, -0.15) is 0 Å². The average Bonchev–Trinajstić information content (AvgIpc) is 3.08. The number of hydrogen-bond donors (Lipinski definition) is 1. The lowest BCUT2D eigenvalue weighted by molar-refractivity contribution is -0.119. The van der Waals surface area contributed by atoms with Gasteiger partial charge in [0, 0.05) is 17.7 Å². The van der Waals surface area contributed by atoms with Gasteiger partial charge in [-0.1, -0.05) is 18.7 Å². The third-order valence-electron chi connectivity index (χ3n) is 3.35. The van der Waals surface area contributed by atoms with Gasteiger partial charge in [0.05, 0.1) is 20.0 Å². The van der Waals surface area contributed by atoms with Crippen molar-refractivity contribution in [2.24, 2.45) is 0 Å². The van der Waals surface area contributed by atoms with Crippen molar-refractivity contribution in [1.29, 1.82) is 0 Å². The molecule has 1 atom stereocenters. The van der Waals surface area contributed by atoms with E-state index in [0.29, 0.717) is 28.2 Å². The molecule has 0 spiro atoms. The highest BCUT2D eigenvalue weighted by atomic mass is 32.2. The summed E-state index contributed by atoms with van der Waals surface area (Å²) in [6.07, 6.45) is 0.888. The minimum absolute atomic E-state index is 0.0582. The smallest absolute Gasteiger partial charge is 0.277 e. The van der Waals surface area contributed by atoms with Gasteiger partial charge in [0.2, 0.25) is 11.8 Å². The van der Waals surface area contributed by atoms with Gasteiger partial charge >= 0.3 is 0 Å². The van der Waals surface area contributed by atoms with Crippen molar-refractivity contribution in [3.63, 3.8) is 0 Å². The van der Waals surface area contributed by atoms with Gasteiger partial charge in [-0.3, -0.25) is 4.79 Å². The number of thioether (sulfide) groups is 1. The molecule has 2 rings (SSSR count). The van der Waals surface area contributed by atoms with Crippen LogP contribution in [0.5, 0.6) is 11.5 Å². The predicted molar refractivity (Wildman–Crippen MR) is 91.5 cm³/mol. The molecule has 0 unspecified atom stereocenters. The van der Waals surface area contributed by atoms with Crippen LogP contribution < -0.4 is 14.8 Å². The summed E-state index contributed by atoms with van der Waals surface area (Å²) in [5.74, 6) is 1.77. The summed E-state index contributed by atoms with van der Waals surface area (Å²) in [6, 6.07) is 5.47. The summed E-state index contributed by atoms with van der Waals surface area (Å²) < 4.78 is 16.0. The number of aromatic nitrogens is 2. The number of nitrogens with zero attached hydrogens (tertiary/aromatic N) is 2. The summed E-state index contributed by atoms with van der Waals surface area (Å²) in [5.41, 5.74) is 0.689. The van der Waals surface area contributed by atoms with Crippen LogP contribution in [0.1, 0.15) is 20.3 Å². The number of benzene rings is 1. The SMILES string of the molecule is CC[C@H](C)NC(=O)CSc1nnc(-c2cc(OC)cc(OC)c2)o1. The summed E-state index contributed by atoms with van der Waals surface area (Å²) in [6.45, 7) is 3.98. The molecular formula is C16H21N3O4S. The first kappa shape index (κ1) is 18.1. The van der Waals surface area contributed by atoms with E-state index in [9.17, 15) is 4.79 Å². The van der Waals surface area contributed by atoms with E-state index < -0.39 is 0 Å². The normalized spacial score (nSPS) is 11.8. The topological polar surface area (TPSA) is 86.5 Å². The summed E-state index contributed by atoms with van der Waals surface area (Å²) in [5, 5.41) is 11.2. The van der Waals surface area contributed by atoms with Gasteiger partial charge in [-0.05, 0) is 25.5 Å². The third kappa shape index (κ3) is 4.89. The predicted octanol–water partition coefficient (Wildman–Crippen LogP) is 2.76. The van der Waals surface area contributed by atoms with E-state index in [0.717, 1.165) is 6.42 Å². The number of nitrogens with one attached hydrogen (secondary N) is 1. The largest absolute Gasteiger partial charge is 0.497 e. The summed E-state index contributed by atoms with van der Waals surface area (Å²) in [4.78, 5) is 11.8. The zero-order valence-corrected chi connectivity index (χ0v) is 15.0. The molecule has 0 aliphatic rings. The minimum Gasteiger partial charge on any atom is -0.497 e. The van der Waals surface area contributed by atoms with E-state index in [1.807, 2.05) is 13.8 Å². The number of ether oxygens (including phenoxy) is 2. The summed E-state index contributed by atoms with van der Waals surface area (Å²) >= 11 is 1.20. The molecule has 0 aliphatic carbocycles. The Morgan fingerprint density at radius 3 is 2.50 bits per heavy atom. The summed E-state index contributed by atoms with van der Waals surface area (Å²) in [7, 11) is 3.15. The standard InChI is InChI=1S/C16H21N3O4S/c1-5-10(2)17-14(20)9-24-16-19-18-15(23-16)11-6-12(21-3)8-13(7-11)22-4/h6-8,10H,5,9H2,1-4H3,(H,17,20)/t10-/m0/s1. The lowest BCUT2D eigenvalue weighted by Crippen LogP contribution is -2.33. The zero-order valence-electron chi connectivity index (χ0n) is 14.2. The monoisotopic (exact) mass is 351 g/mol. The van der Waals surface area contributed by atoms with Gasteiger partial charge in [0.1, 0.15) is 11.5 Å². The number of rotatable bonds is 8. The molecule has 1 aromatic carbocycles. The highest BCUT2D eigenvalue weighted by Crippen LogP contribution is 2.30. The Morgan fingerprint density at radius 1 is 1.25 bits per heavy atom. The van der Waals surface area contributed by atoms with E-state index in [2.05, 4.69) is 15.5 Å². The van der Waals surface area contributed by atoms with Crippen LogP contribution in [0.3, 0.4) is 0 Å². The second-order valence-electron chi connectivity index (χ2n) is 5.14. The number of carbonyl (C=O) groups excluding carboxylic acids is 1. The van der Waals surface area contributed by atoms with Crippen molar-refractivity contribution >= 4 is 17.7 Å². The van der Waals surface area contributed by atoms with Gasteiger partial charge in [-0.25, -0.2) is 0 Å². The van der Waals surface area contributed by atoms with Gasteiger partial charge < -0.3 is 19.2 Å². The molecule has 7 nitrogen and oxygen atoms in total. The van der Waals surface area contributed by atoms with E-state index in [4.69, 9.17) is 13.9 Å². The Kier molecular flexibility index (Phi) is 6.48. The number of methoxy groups -OCH3 is 2. The van der Waals surface area contributed by atoms with Crippen molar-refractivity contribution < 1.29 is 18.7 Å². The van der Waals surface area contributed by atoms with Crippen molar-refractivity contribution in [3.05, 3.63) is 18.2 Å². The molecule has 2 aromatic rings. The first-order valence-electron chi connectivity index (χ1n) is 7.54. The number of carbonyl (C=O) groups is 1. The molecule has 0 bridgehead atoms. The Morgan fingerprint density at radius 2 is 1.92 bits per heavy atom. The van der Waals surface area contributed by atoms with Crippen molar-refractivity contribution in [2.45, 2.75) is 31.5 Å². The zero-order chi connectivity index (χ0) is 17.5. The fraction of sp³-hybridized carbons (Fsp3) is 0.438. The van der Waals surface area contributed by atoms with Crippen LogP contribution in [0.2, 0.25) is 0 Å². The molecule has 130 valence electrons. The molecule has 1 amide bonds. The van der Waals surface area contributed by atoms with Crippen LogP contribution in [0.25, 0.3) is 11.5 Å². The highest BCUT2D eigenvalue weighted by molar-refractivity contribution is 7.99.